The molecule has 1 aromatic carbocycles. The maximum atomic E-state index is 13.8. The third-order valence-electron chi connectivity index (χ3n) is 9.37. The zero-order valence-corrected chi connectivity index (χ0v) is 24.0. The summed E-state index contributed by atoms with van der Waals surface area (Å²) in [5.41, 5.74) is 2.55. The van der Waals surface area contributed by atoms with Crippen molar-refractivity contribution in [3.05, 3.63) is 29.3 Å². The third kappa shape index (κ3) is 4.58. The average molecular weight is 574 g/mol. The molecular weight excluding hydrogens is 538 g/mol. The lowest BCUT2D eigenvalue weighted by Crippen LogP contribution is -2.59. The van der Waals surface area contributed by atoms with Gasteiger partial charge in [-0.1, -0.05) is 12.1 Å². The monoisotopic (exact) mass is 573 g/mol. The Hall–Kier alpha value is -4.05. The fourth-order valence-corrected chi connectivity index (χ4v) is 7.55. The van der Waals surface area contributed by atoms with E-state index in [4.69, 9.17) is 4.74 Å². The molecule has 3 aliphatic heterocycles. The second kappa shape index (κ2) is 9.76. The molecule has 4 fully saturated rings. The second-order valence-corrected chi connectivity index (χ2v) is 13.2. The topological polar surface area (TPSA) is 160 Å². The van der Waals surface area contributed by atoms with Crippen molar-refractivity contribution in [1.29, 1.82) is 5.26 Å². The van der Waals surface area contributed by atoms with Crippen LogP contribution in [0.3, 0.4) is 0 Å². The molecule has 5 aliphatic rings. The van der Waals surface area contributed by atoms with Crippen LogP contribution in [0.4, 0.5) is 4.79 Å². The Morgan fingerprint density at radius 3 is 2.79 bits per heavy atom. The molecule has 2 aromatic rings. The van der Waals surface area contributed by atoms with Gasteiger partial charge in [-0.2, -0.15) is 5.26 Å². The highest BCUT2D eigenvalue weighted by atomic mass is 16.6. The number of amides is 3. The van der Waals surface area contributed by atoms with E-state index in [-0.39, 0.29) is 42.5 Å². The minimum absolute atomic E-state index is 0.0108. The number of rotatable bonds is 6. The Bertz CT molecular complexity index is 1460. The van der Waals surface area contributed by atoms with Crippen molar-refractivity contribution in [2.45, 2.75) is 94.7 Å². The number of aromatic amines is 1. The zero-order valence-electron chi connectivity index (χ0n) is 24.0. The van der Waals surface area contributed by atoms with Crippen LogP contribution in [-0.4, -0.2) is 102 Å². The van der Waals surface area contributed by atoms with E-state index in [2.05, 4.69) is 44.1 Å². The molecule has 2 aliphatic carbocycles. The Morgan fingerprint density at radius 2 is 2.07 bits per heavy atom. The van der Waals surface area contributed by atoms with Gasteiger partial charge < -0.3 is 19.9 Å². The van der Waals surface area contributed by atoms with E-state index >= 15 is 0 Å². The number of fused-ring (bicyclic) bond motifs is 4. The number of nitrogens with one attached hydrogen (secondary N) is 2. The van der Waals surface area contributed by atoms with Crippen LogP contribution in [0.2, 0.25) is 0 Å². The Labute approximate surface area is 243 Å². The fourth-order valence-electron chi connectivity index (χ4n) is 7.55. The fraction of sp³-hybridized carbons (Fsp3) is 0.621. The number of carbonyl (C=O) groups excluding carboxylic acids is 3. The lowest BCUT2D eigenvalue weighted by atomic mass is 10.0. The standard InChI is InChI=1S/C29H35N9O4/c1-29(2,3)42-28(41)31-21(26(39)37-18(12-30)9-17-10-23(17)37)14-36-13-19-11-24(36)27(40)38(19)22-7-5-15-8-16(4-6-20(15)22)25-32-34-35-33-25/h4,6,8,17-19,21-24H,5,7,9-11,13-14H2,1-3H3,(H,31,41)(H,32,33,34,35)/t17-,18?,19+,21?,22?,23+,24?/m1/s1. The Balaban J connectivity index is 1.07. The molecule has 2 N–H and O–H groups in total. The molecule has 2 bridgehead atoms. The molecular formula is C29H35N9O4. The number of piperazine rings is 1. The number of piperidine rings is 1. The van der Waals surface area contributed by atoms with E-state index in [1.165, 1.54) is 5.56 Å². The summed E-state index contributed by atoms with van der Waals surface area (Å²) in [4.78, 5) is 46.2. The SMILES string of the molecule is CC(C)(C)OC(=O)NC(CN1C[C@@H]2CC1C(=O)N2C1CCc2cc(-c3nnn[nH]3)ccc21)C(=O)N1C(C#N)C[C@@H]2C[C@@H]21. The van der Waals surface area contributed by atoms with E-state index in [0.29, 0.717) is 31.1 Å². The first-order valence-electron chi connectivity index (χ1n) is 14.8. The summed E-state index contributed by atoms with van der Waals surface area (Å²) in [6, 6.07) is 6.77. The van der Waals surface area contributed by atoms with Crippen molar-refractivity contribution in [2.24, 2.45) is 5.92 Å². The molecule has 7 rings (SSSR count). The van der Waals surface area contributed by atoms with Gasteiger partial charge in [-0.3, -0.25) is 14.5 Å². The second-order valence-electron chi connectivity index (χ2n) is 13.2. The van der Waals surface area contributed by atoms with Gasteiger partial charge in [-0.15, -0.1) is 5.10 Å². The Kier molecular flexibility index (Phi) is 6.23. The predicted octanol–water partition coefficient (Wildman–Crippen LogP) is 1.55. The number of alkyl carbamates (subject to hydrolysis) is 1. The number of likely N-dealkylation sites (tertiary alicyclic amines) is 3. The van der Waals surface area contributed by atoms with Gasteiger partial charge >= 0.3 is 6.09 Å². The van der Waals surface area contributed by atoms with Crippen molar-refractivity contribution >= 4 is 17.9 Å². The van der Waals surface area contributed by atoms with Crippen molar-refractivity contribution in [2.75, 3.05) is 13.1 Å². The molecule has 3 amide bonds. The van der Waals surface area contributed by atoms with Crippen LogP contribution < -0.4 is 5.32 Å². The number of ether oxygens (including phenoxy) is 1. The van der Waals surface area contributed by atoms with Crippen molar-refractivity contribution < 1.29 is 19.1 Å². The van der Waals surface area contributed by atoms with Gasteiger partial charge in [0.05, 0.1) is 18.2 Å². The maximum absolute atomic E-state index is 13.8. The lowest BCUT2D eigenvalue weighted by molar-refractivity contribution is -0.141. The summed E-state index contributed by atoms with van der Waals surface area (Å²) in [6.07, 6.45) is 3.31. The smallest absolute Gasteiger partial charge is 0.408 e. The summed E-state index contributed by atoms with van der Waals surface area (Å²) >= 11 is 0. The molecule has 13 nitrogen and oxygen atoms in total. The van der Waals surface area contributed by atoms with Crippen LogP contribution >= 0.6 is 0 Å². The number of H-pyrrole nitrogens is 1. The van der Waals surface area contributed by atoms with Crippen LogP contribution in [-0.2, 0) is 20.7 Å². The van der Waals surface area contributed by atoms with Gasteiger partial charge in [0.1, 0.15) is 17.7 Å². The molecule has 4 heterocycles. The van der Waals surface area contributed by atoms with E-state index in [9.17, 15) is 19.6 Å². The minimum atomic E-state index is -0.910. The summed E-state index contributed by atoms with van der Waals surface area (Å²) in [5, 5.41) is 26.6. The summed E-state index contributed by atoms with van der Waals surface area (Å²) in [5.74, 6) is 0.766. The summed E-state index contributed by atoms with van der Waals surface area (Å²) in [7, 11) is 0. The van der Waals surface area contributed by atoms with E-state index in [1.807, 2.05) is 15.9 Å². The lowest BCUT2D eigenvalue weighted by Gasteiger charge is -2.39. The van der Waals surface area contributed by atoms with Gasteiger partial charge in [0.2, 0.25) is 11.8 Å². The molecule has 0 spiro atoms. The van der Waals surface area contributed by atoms with E-state index < -0.39 is 23.8 Å². The van der Waals surface area contributed by atoms with Crippen molar-refractivity contribution in [1.82, 2.24) is 40.6 Å². The van der Waals surface area contributed by atoms with Gasteiger partial charge in [-0.25, -0.2) is 9.89 Å². The first-order valence-corrected chi connectivity index (χ1v) is 14.8. The number of hydrogen-bond acceptors (Lipinski definition) is 9. The molecule has 4 unspecified atom stereocenters. The minimum Gasteiger partial charge on any atom is -0.444 e. The highest BCUT2D eigenvalue weighted by molar-refractivity contribution is 5.89. The average Bonchev–Trinajstić information content (AvgIpc) is 3.51. The summed E-state index contributed by atoms with van der Waals surface area (Å²) in [6.45, 7) is 6.12. The van der Waals surface area contributed by atoms with Crippen LogP contribution in [0.15, 0.2) is 18.2 Å². The number of benzene rings is 1. The van der Waals surface area contributed by atoms with Gasteiger partial charge in [-0.05, 0) is 86.4 Å². The molecule has 1 aromatic heterocycles. The molecule has 3 saturated heterocycles. The normalized spacial score (nSPS) is 30.2. The highest BCUT2D eigenvalue weighted by Gasteiger charge is 2.57. The predicted molar refractivity (Wildman–Crippen MR) is 147 cm³/mol. The largest absolute Gasteiger partial charge is 0.444 e. The zero-order chi connectivity index (χ0) is 29.3. The maximum Gasteiger partial charge on any atom is 0.408 e. The number of tetrazole rings is 1. The molecule has 7 atom stereocenters. The first-order chi connectivity index (χ1) is 20.1. The quantitative estimate of drug-likeness (QED) is 0.522. The Morgan fingerprint density at radius 1 is 1.24 bits per heavy atom. The molecule has 13 heteroatoms. The van der Waals surface area contributed by atoms with Crippen LogP contribution in [0.5, 0.6) is 0 Å². The van der Waals surface area contributed by atoms with E-state index in [1.54, 1.807) is 25.7 Å². The van der Waals surface area contributed by atoms with Gasteiger partial charge in [0.15, 0.2) is 5.82 Å². The van der Waals surface area contributed by atoms with E-state index in [0.717, 1.165) is 30.4 Å². The molecule has 42 heavy (non-hydrogen) atoms. The number of hydrogen-bond donors (Lipinski definition) is 2. The number of aryl methyl sites for hydroxylation is 1. The molecule has 1 saturated carbocycles. The molecule has 0 radical (unpaired) electrons. The van der Waals surface area contributed by atoms with Gasteiger partial charge in [0, 0.05) is 30.7 Å². The highest BCUT2D eigenvalue weighted by Crippen LogP contribution is 2.48. The number of aromatic nitrogens is 4. The van der Waals surface area contributed by atoms with Crippen molar-refractivity contribution in [3.8, 4) is 17.5 Å². The third-order valence-corrected chi connectivity index (χ3v) is 9.37. The first kappa shape index (κ1) is 26.8. The van der Waals surface area contributed by atoms with Gasteiger partial charge in [0.25, 0.3) is 0 Å². The number of carbonyl (C=O) groups is 3. The van der Waals surface area contributed by atoms with Crippen LogP contribution in [0, 0.1) is 17.2 Å². The van der Waals surface area contributed by atoms with Crippen LogP contribution in [0.25, 0.3) is 11.4 Å². The number of nitriles is 1. The van der Waals surface area contributed by atoms with Crippen molar-refractivity contribution in [3.63, 3.8) is 0 Å². The van der Waals surface area contributed by atoms with Crippen LogP contribution in [0.1, 0.15) is 63.6 Å². The molecule has 220 valence electrons. The summed E-state index contributed by atoms with van der Waals surface area (Å²) < 4.78 is 5.48. The number of nitrogens with zero attached hydrogens (tertiary/aromatic N) is 7.